The molecule has 7 nitrogen and oxygen atoms in total. The summed E-state index contributed by atoms with van der Waals surface area (Å²) in [5.74, 6) is -0.425. The van der Waals surface area contributed by atoms with Crippen LogP contribution in [0.4, 0.5) is 13.2 Å². The van der Waals surface area contributed by atoms with Crippen molar-refractivity contribution in [3.8, 4) is 0 Å². The molecule has 1 saturated carbocycles. The fourth-order valence-electron chi connectivity index (χ4n) is 3.11. The Hall–Kier alpha value is -2.91. The highest BCUT2D eigenvalue weighted by atomic mass is 19.4. The molecule has 0 N–H and O–H groups in total. The predicted octanol–water partition coefficient (Wildman–Crippen LogP) is 2.94. The van der Waals surface area contributed by atoms with Gasteiger partial charge in [0, 0.05) is 49.6 Å². The quantitative estimate of drug-likeness (QED) is 0.685. The topological polar surface area (TPSA) is 68.3 Å². The van der Waals surface area contributed by atoms with Gasteiger partial charge in [0.2, 0.25) is 0 Å². The number of halogens is 3. The maximum absolute atomic E-state index is 13.5. The molecule has 0 aliphatic heterocycles. The highest BCUT2D eigenvalue weighted by molar-refractivity contribution is 5.93. The fraction of sp³-hybridized carbons (Fsp3) is 0.444. The molecule has 28 heavy (non-hydrogen) atoms. The van der Waals surface area contributed by atoms with Crippen molar-refractivity contribution in [3.63, 3.8) is 0 Å². The summed E-state index contributed by atoms with van der Waals surface area (Å²) in [5.41, 5.74) is 1.21. The third kappa shape index (κ3) is 3.23. The van der Waals surface area contributed by atoms with E-state index >= 15 is 0 Å². The number of alkyl halides is 3. The second-order valence-electron chi connectivity index (χ2n) is 7.18. The fourth-order valence-corrected chi connectivity index (χ4v) is 3.11. The number of hydrogen-bond donors (Lipinski definition) is 0. The number of hydrogen-bond acceptors (Lipinski definition) is 4. The minimum atomic E-state index is -4.59. The van der Waals surface area contributed by atoms with E-state index in [0.29, 0.717) is 10.2 Å². The van der Waals surface area contributed by atoms with Crippen molar-refractivity contribution in [2.24, 2.45) is 7.05 Å². The Morgan fingerprint density at radius 1 is 1.32 bits per heavy atom. The van der Waals surface area contributed by atoms with E-state index in [1.165, 1.54) is 11.0 Å². The molecule has 10 heteroatoms. The van der Waals surface area contributed by atoms with Crippen LogP contribution in [0.3, 0.4) is 0 Å². The van der Waals surface area contributed by atoms with Crippen LogP contribution in [-0.2, 0) is 19.8 Å². The highest BCUT2D eigenvalue weighted by Gasteiger charge is 2.37. The molecule has 1 aliphatic rings. The minimum absolute atomic E-state index is 0.0334. The van der Waals surface area contributed by atoms with E-state index in [0.717, 1.165) is 30.2 Å². The van der Waals surface area contributed by atoms with Gasteiger partial charge in [0.15, 0.2) is 11.3 Å². The third-order valence-electron chi connectivity index (χ3n) is 5.04. The monoisotopic (exact) mass is 392 g/mol. The van der Waals surface area contributed by atoms with Crippen LogP contribution in [0, 0.1) is 6.92 Å². The largest absolute Gasteiger partial charge is 0.433 e. The summed E-state index contributed by atoms with van der Waals surface area (Å²) < 4.78 is 42.9. The van der Waals surface area contributed by atoms with Gasteiger partial charge >= 0.3 is 6.18 Å². The van der Waals surface area contributed by atoms with Gasteiger partial charge in [-0.1, -0.05) is 0 Å². The molecule has 0 unspecified atom stereocenters. The van der Waals surface area contributed by atoms with Crippen molar-refractivity contribution < 1.29 is 18.0 Å². The molecule has 0 saturated heterocycles. The lowest BCUT2D eigenvalue weighted by atomic mass is 10.2. The lowest BCUT2D eigenvalue weighted by Gasteiger charge is -2.15. The molecule has 1 fully saturated rings. The zero-order valence-electron chi connectivity index (χ0n) is 15.7. The van der Waals surface area contributed by atoms with E-state index in [9.17, 15) is 18.0 Å². The van der Waals surface area contributed by atoms with Gasteiger partial charge in [-0.2, -0.15) is 23.4 Å². The molecule has 3 heterocycles. The van der Waals surface area contributed by atoms with E-state index in [1.807, 2.05) is 6.92 Å². The first-order chi connectivity index (χ1) is 13.1. The maximum Gasteiger partial charge on any atom is 0.433 e. The van der Waals surface area contributed by atoms with Crippen LogP contribution in [0.1, 0.15) is 51.9 Å². The van der Waals surface area contributed by atoms with Crippen molar-refractivity contribution in [1.82, 2.24) is 29.3 Å². The number of aryl methyl sites for hydroxylation is 1. The zero-order chi connectivity index (χ0) is 20.2. The summed E-state index contributed by atoms with van der Waals surface area (Å²) in [4.78, 5) is 18.4. The Bertz CT molecular complexity index is 1060. The Balaban J connectivity index is 1.68. The van der Waals surface area contributed by atoms with Crippen molar-refractivity contribution in [3.05, 3.63) is 46.7 Å². The van der Waals surface area contributed by atoms with Crippen LogP contribution in [0.5, 0.6) is 0 Å². The number of carbonyl (C=O) groups is 1. The molecule has 0 bridgehead atoms. The van der Waals surface area contributed by atoms with Crippen LogP contribution >= 0.6 is 0 Å². The first-order valence-electron chi connectivity index (χ1n) is 8.86. The number of fused-ring (bicyclic) bond motifs is 1. The van der Waals surface area contributed by atoms with Crippen LogP contribution in [0.25, 0.3) is 5.65 Å². The van der Waals surface area contributed by atoms with Gasteiger partial charge < -0.3 is 4.90 Å². The van der Waals surface area contributed by atoms with Crippen molar-refractivity contribution >= 4 is 11.6 Å². The van der Waals surface area contributed by atoms with Crippen LogP contribution in [0.2, 0.25) is 0 Å². The molecule has 1 amide bonds. The van der Waals surface area contributed by atoms with Gasteiger partial charge in [0.25, 0.3) is 5.91 Å². The number of aromatic nitrogens is 5. The molecule has 0 atom stereocenters. The first kappa shape index (κ1) is 18.5. The first-order valence-corrected chi connectivity index (χ1v) is 8.86. The third-order valence-corrected chi connectivity index (χ3v) is 5.04. The molecule has 0 radical (unpaired) electrons. The lowest BCUT2D eigenvalue weighted by Crippen LogP contribution is -2.27. The molecule has 3 aromatic rings. The number of carbonyl (C=O) groups excluding carboxylic acids is 1. The molecule has 0 spiro atoms. The lowest BCUT2D eigenvalue weighted by molar-refractivity contribution is -0.142. The van der Waals surface area contributed by atoms with Gasteiger partial charge in [-0.25, -0.2) is 9.50 Å². The van der Waals surface area contributed by atoms with E-state index in [2.05, 4.69) is 15.2 Å². The Morgan fingerprint density at radius 2 is 2.04 bits per heavy atom. The summed E-state index contributed by atoms with van der Waals surface area (Å²) in [5, 5.41) is 8.04. The molecular formula is C18H19F3N6O. The number of amides is 1. The summed E-state index contributed by atoms with van der Waals surface area (Å²) in [6.45, 7) is 2.16. The summed E-state index contributed by atoms with van der Waals surface area (Å²) in [6.07, 6.45) is -1.27. The Morgan fingerprint density at radius 3 is 2.61 bits per heavy atom. The Kier molecular flexibility index (Phi) is 4.16. The van der Waals surface area contributed by atoms with E-state index < -0.39 is 17.8 Å². The summed E-state index contributed by atoms with van der Waals surface area (Å²) >= 11 is 0. The average molecular weight is 392 g/mol. The van der Waals surface area contributed by atoms with Crippen molar-refractivity contribution in [2.75, 3.05) is 7.05 Å². The van der Waals surface area contributed by atoms with Crippen LogP contribution < -0.4 is 0 Å². The summed E-state index contributed by atoms with van der Waals surface area (Å²) in [6, 6.07) is 2.35. The second-order valence-corrected chi connectivity index (χ2v) is 7.18. The van der Waals surface area contributed by atoms with Gasteiger partial charge in [0.05, 0.1) is 6.20 Å². The van der Waals surface area contributed by atoms with Gasteiger partial charge in [0.1, 0.15) is 5.69 Å². The van der Waals surface area contributed by atoms with E-state index in [1.54, 1.807) is 25.0 Å². The molecule has 148 valence electrons. The van der Waals surface area contributed by atoms with Crippen LogP contribution in [-0.4, -0.2) is 42.2 Å². The van der Waals surface area contributed by atoms with Crippen molar-refractivity contribution in [2.45, 2.75) is 38.4 Å². The van der Waals surface area contributed by atoms with Gasteiger partial charge in [-0.05, 0) is 25.8 Å². The standard InChI is InChI=1S/C18H19F3N6O/c1-10-12(8-22-26(10)3)9-25(2)17(28)14-7-16-23-13(11-4-5-11)6-15(18(19,20)21)27(16)24-14/h6-8,11H,4-5,9H2,1-3H3. The minimum Gasteiger partial charge on any atom is -0.336 e. The van der Waals surface area contributed by atoms with E-state index in [4.69, 9.17) is 0 Å². The van der Waals surface area contributed by atoms with Gasteiger partial charge in [-0.15, -0.1) is 0 Å². The molecule has 4 rings (SSSR count). The van der Waals surface area contributed by atoms with Gasteiger partial charge in [-0.3, -0.25) is 9.48 Å². The predicted molar refractivity (Wildman–Crippen MR) is 93.7 cm³/mol. The average Bonchev–Trinajstić information content (AvgIpc) is 3.33. The molecule has 1 aliphatic carbocycles. The highest BCUT2D eigenvalue weighted by Crippen LogP contribution is 2.41. The zero-order valence-corrected chi connectivity index (χ0v) is 15.7. The normalized spacial score (nSPS) is 14.6. The number of nitrogens with zero attached hydrogens (tertiary/aromatic N) is 6. The SMILES string of the molecule is Cc1c(CN(C)C(=O)c2cc3nc(C4CC4)cc(C(F)(F)F)n3n2)cnn1C. The second kappa shape index (κ2) is 6.32. The Labute approximate surface area is 158 Å². The molecular weight excluding hydrogens is 373 g/mol. The molecule has 3 aromatic heterocycles. The summed E-state index contributed by atoms with van der Waals surface area (Å²) in [7, 11) is 3.37. The van der Waals surface area contributed by atoms with Crippen LogP contribution in [0.15, 0.2) is 18.3 Å². The smallest absolute Gasteiger partial charge is 0.336 e. The molecule has 0 aromatic carbocycles. The van der Waals surface area contributed by atoms with E-state index in [-0.39, 0.29) is 23.8 Å². The van der Waals surface area contributed by atoms with Crippen molar-refractivity contribution in [1.29, 1.82) is 0 Å². The number of rotatable bonds is 4. The maximum atomic E-state index is 13.5.